The number of aromatic nitrogens is 1. The molecule has 21 heavy (non-hydrogen) atoms. The maximum atomic E-state index is 12.5. The van der Waals surface area contributed by atoms with E-state index in [-0.39, 0.29) is 0 Å². The van der Waals surface area contributed by atoms with Gasteiger partial charge in [0.1, 0.15) is 10.7 Å². The van der Waals surface area contributed by atoms with Gasteiger partial charge >= 0.3 is 0 Å². The van der Waals surface area contributed by atoms with Gasteiger partial charge in [-0.25, -0.2) is 13.4 Å². The Morgan fingerprint density at radius 2 is 1.95 bits per heavy atom. The number of nitrogens with one attached hydrogen (secondary N) is 1. The van der Waals surface area contributed by atoms with Gasteiger partial charge < -0.3 is 5.32 Å². The van der Waals surface area contributed by atoms with E-state index in [2.05, 4.69) is 24.1 Å². The summed E-state index contributed by atoms with van der Waals surface area (Å²) in [6.45, 7) is 6.43. The predicted molar refractivity (Wildman–Crippen MR) is 84.8 cm³/mol. The van der Waals surface area contributed by atoms with Gasteiger partial charge in [0.05, 0.1) is 0 Å². The second-order valence-electron chi connectivity index (χ2n) is 5.95. The first-order valence-corrected chi connectivity index (χ1v) is 9.14. The molecule has 1 N–H and O–H groups in total. The van der Waals surface area contributed by atoms with Gasteiger partial charge in [0, 0.05) is 25.8 Å². The second kappa shape index (κ2) is 7.22. The average Bonchev–Trinajstić information content (AvgIpc) is 2.48. The number of sulfonamides is 1. The van der Waals surface area contributed by atoms with Crippen LogP contribution >= 0.6 is 0 Å². The lowest BCUT2D eigenvalue weighted by molar-refractivity contribution is 0.346. The molecule has 1 aromatic heterocycles. The molecule has 1 fully saturated rings. The molecule has 0 unspecified atom stereocenters. The Morgan fingerprint density at radius 1 is 1.24 bits per heavy atom. The molecule has 1 aliphatic heterocycles. The fourth-order valence-electron chi connectivity index (χ4n) is 2.38. The Labute approximate surface area is 127 Å². The predicted octanol–water partition coefficient (Wildman–Crippen LogP) is 2.71. The number of piperidine rings is 1. The highest BCUT2D eigenvalue weighted by molar-refractivity contribution is 7.89. The van der Waals surface area contributed by atoms with Crippen LogP contribution in [-0.4, -0.2) is 37.3 Å². The summed E-state index contributed by atoms with van der Waals surface area (Å²) < 4.78 is 26.5. The maximum Gasteiger partial charge on any atom is 0.244 e. The van der Waals surface area contributed by atoms with Gasteiger partial charge in [-0.05, 0) is 37.3 Å². The van der Waals surface area contributed by atoms with Crippen molar-refractivity contribution < 1.29 is 8.42 Å². The summed E-state index contributed by atoms with van der Waals surface area (Å²) in [6.07, 6.45) is 5.53. The molecule has 0 aliphatic carbocycles. The SMILES string of the molecule is CC(C)CCNc1ccc(S(=O)(=O)N2CCCCC2)cn1. The first kappa shape index (κ1) is 16.2. The zero-order valence-corrected chi connectivity index (χ0v) is 13.7. The monoisotopic (exact) mass is 311 g/mol. The highest BCUT2D eigenvalue weighted by Gasteiger charge is 2.25. The van der Waals surface area contributed by atoms with Crippen LogP contribution in [0.25, 0.3) is 0 Å². The molecular weight excluding hydrogens is 286 g/mol. The molecule has 0 bridgehead atoms. The Balaban J connectivity index is 2.00. The molecule has 0 atom stereocenters. The third-order valence-electron chi connectivity index (χ3n) is 3.72. The van der Waals surface area contributed by atoms with Crippen LogP contribution in [0.1, 0.15) is 39.5 Å². The van der Waals surface area contributed by atoms with Crippen LogP contribution in [0, 0.1) is 5.92 Å². The third-order valence-corrected chi connectivity index (χ3v) is 5.60. The first-order chi connectivity index (χ1) is 10.00. The molecule has 0 spiro atoms. The fourth-order valence-corrected chi connectivity index (χ4v) is 3.84. The Kier molecular flexibility index (Phi) is 5.58. The van der Waals surface area contributed by atoms with Crippen LogP contribution < -0.4 is 5.32 Å². The Hall–Kier alpha value is -1.14. The highest BCUT2D eigenvalue weighted by atomic mass is 32.2. The first-order valence-electron chi connectivity index (χ1n) is 7.70. The fraction of sp³-hybridized carbons (Fsp3) is 0.667. The van der Waals surface area contributed by atoms with Crippen molar-refractivity contribution in [1.29, 1.82) is 0 Å². The minimum Gasteiger partial charge on any atom is -0.370 e. The van der Waals surface area contributed by atoms with E-state index in [1.807, 2.05) is 0 Å². The number of hydrogen-bond acceptors (Lipinski definition) is 4. The molecule has 2 heterocycles. The van der Waals surface area contributed by atoms with E-state index in [4.69, 9.17) is 0 Å². The van der Waals surface area contributed by atoms with Crippen molar-refractivity contribution >= 4 is 15.8 Å². The van der Waals surface area contributed by atoms with Crippen molar-refractivity contribution in [2.45, 2.75) is 44.4 Å². The minimum atomic E-state index is -3.37. The summed E-state index contributed by atoms with van der Waals surface area (Å²) in [4.78, 5) is 4.51. The summed E-state index contributed by atoms with van der Waals surface area (Å²) in [6, 6.07) is 3.39. The van der Waals surface area contributed by atoms with Crippen LogP contribution in [0.4, 0.5) is 5.82 Å². The van der Waals surface area contributed by atoms with E-state index in [0.717, 1.165) is 38.0 Å². The quantitative estimate of drug-likeness (QED) is 0.877. The van der Waals surface area contributed by atoms with Crippen LogP contribution in [0.3, 0.4) is 0 Å². The lowest BCUT2D eigenvalue weighted by atomic mass is 10.1. The van der Waals surface area contributed by atoms with Crippen molar-refractivity contribution in [1.82, 2.24) is 9.29 Å². The summed E-state index contributed by atoms with van der Waals surface area (Å²) in [7, 11) is -3.37. The van der Waals surface area contributed by atoms with E-state index in [9.17, 15) is 8.42 Å². The topological polar surface area (TPSA) is 62.3 Å². The van der Waals surface area contributed by atoms with E-state index in [1.54, 1.807) is 16.4 Å². The molecular formula is C15H25N3O2S. The van der Waals surface area contributed by atoms with E-state index >= 15 is 0 Å². The van der Waals surface area contributed by atoms with Crippen LogP contribution in [-0.2, 0) is 10.0 Å². The summed E-state index contributed by atoms with van der Waals surface area (Å²) in [5.41, 5.74) is 0. The third kappa shape index (κ3) is 4.41. The molecule has 118 valence electrons. The van der Waals surface area contributed by atoms with Gasteiger partial charge in [-0.3, -0.25) is 0 Å². The number of hydrogen-bond donors (Lipinski definition) is 1. The molecule has 0 radical (unpaired) electrons. The molecule has 1 aliphatic rings. The molecule has 1 aromatic rings. The van der Waals surface area contributed by atoms with Gasteiger partial charge in [0.25, 0.3) is 0 Å². The lowest BCUT2D eigenvalue weighted by Crippen LogP contribution is -2.35. The summed E-state index contributed by atoms with van der Waals surface area (Å²) in [5, 5.41) is 3.21. The van der Waals surface area contributed by atoms with Crippen molar-refractivity contribution in [2.24, 2.45) is 5.92 Å². The second-order valence-corrected chi connectivity index (χ2v) is 7.89. The average molecular weight is 311 g/mol. The van der Waals surface area contributed by atoms with Crippen LogP contribution in [0.15, 0.2) is 23.2 Å². The maximum absolute atomic E-state index is 12.5. The van der Waals surface area contributed by atoms with E-state index < -0.39 is 10.0 Å². The summed E-state index contributed by atoms with van der Waals surface area (Å²) in [5.74, 6) is 1.37. The molecule has 0 saturated carbocycles. The largest absolute Gasteiger partial charge is 0.370 e. The van der Waals surface area contributed by atoms with Crippen molar-refractivity contribution in [3.05, 3.63) is 18.3 Å². The number of nitrogens with zero attached hydrogens (tertiary/aromatic N) is 2. The standard InChI is InChI=1S/C15H25N3O2S/c1-13(2)8-9-16-15-7-6-14(12-17-15)21(19,20)18-10-4-3-5-11-18/h6-7,12-13H,3-5,8-11H2,1-2H3,(H,16,17). The van der Waals surface area contributed by atoms with Gasteiger partial charge in [0.2, 0.25) is 10.0 Å². The molecule has 6 heteroatoms. The van der Waals surface area contributed by atoms with Crippen molar-refractivity contribution in [3.63, 3.8) is 0 Å². The zero-order valence-electron chi connectivity index (χ0n) is 12.9. The molecule has 0 amide bonds. The molecule has 0 aromatic carbocycles. The van der Waals surface area contributed by atoms with Crippen LogP contribution in [0.5, 0.6) is 0 Å². The lowest BCUT2D eigenvalue weighted by Gasteiger charge is -2.25. The molecule has 1 saturated heterocycles. The smallest absolute Gasteiger partial charge is 0.244 e. The number of rotatable bonds is 6. The number of pyridine rings is 1. The zero-order chi connectivity index (χ0) is 15.3. The van der Waals surface area contributed by atoms with Crippen LogP contribution in [0.2, 0.25) is 0 Å². The Morgan fingerprint density at radius 3 is 2.52 bits per heavy atom. The van der Waals surface area contributed by atoms with Gasteiger partial charge in [0.15, 0.2) is 0 Å². The van der Waals surface area contributed by atoms with E-state index in [1.165, 1.54) is 6.20 Å². The number of anilines is 1. The molecule has 2 rings (SSSR count). The highest BCUT2D eigenvalue weighted by Crippen LogP contribution is 2.20. The minimum absolute atomic E-state index is 0.291. The van der Waals surface area contributed by atoms with Gasteiger partial charge in [-0.2, -0.15) is 4.31 Å². The normalized spacial score (nSPS) is 17.1. The van der Waals surface area contributed by atoms with Gasteiger partial charge in [-0.1, -0.05) is 20.3 Å². The van der Waals surface area contributed by atoms with E-state index in [0.29, 0.717) is 23.9 Å². The summed E-state index contributed by atoms with van der Waals surface area (Å²) >= 11 is 0. The molecule has 5 nitrogen and oxygen atoms in total. The van der Waals surface area contributed by atoms with Crippen molar-refractivity contribution in [3.8, 4) is 0 Å². The van der Waals surface area contributed by atoms with Crippen molar-refractivity contribution in [2.75, 3.05) is 25.0 Å². The van der Waals surface area contributed by atoms with Gasteiger partial charge in [-0.15, -0.1) is 0 Å². The Bertz CT molecular complexity index is 535.